The second-order valence-corrected chi connectivity index (χ2v) is 5.23. The fourth-order valence-corrected chi connectivity index (χ4v) is 1.97. The van der Waals surface area contributed by atoms with Crippen LogP contribution in [0.15, 0.2) is 22.7 Å². The van der Waals surface area contributed by atoms with Gasteiger partial charge in [0.15, 0.2) is 5.78 Å². The lowest BCUT2D eigenvalue weighted by Gasteiger charge is -2.07. The van der Waals surface area contributed by atoms with Crippen LogP contribution < -0.4 is 0 Å². The van der Waals surface area contributed by atoms with E-state index in [2.05, 4.69) is 29.8 Å². The Hall–Kier alpha value is -0.630. The predicted octanol–water partition coefficient (Wildman–Crippen LogP) is 4.38. The van der Waals surface area contributed by atoms with E-state index in [0.29, 0.717) is 12.3 Å². The van der Waals surface area contributed by atoms with Crippen LogP contribution in [0.3, 0.4) is 0 Å². The minimum atomic E-state index is 0.258. The highest BCUT2D eigenvalue weighted by Crippen LogP contribution is 2.18. The molecule has 2 heteroatoms. The Morgan fingerprint density at radius 2 is 2.07 bits per heavy atom. The van der Waals surface area contributed by atoms with E-state index in [1.165, 1.54) is 0 Å². The predicted molar refractivity (Wildman–Crippen MR) is 67.3 cm³/mol. The van der Waals surface area contributed by atoms with Gasteiger partial charge >= 0.3 is 0 Å². The average molecular weight is 269 g/mol. The van der Waals surface area contributed by atoms with Crippen LogP contribution in [0.4, 0.5) is 0 Å². The van der Waals surface area contributed by atoms with Crippen molar-refractivity contribution < 1.29 is 4.79 Å². The van der Waals surface area contributed by atoms with Gasteiger partial charge in [0.25, 0.3) is 0 Å². The molecule has 0 aliphatic rings. The lowest BCUT2D eigenvalue weighted by molar-refractivity contribution is 0.0975. The lowest BCUT2D eigenvalue weighted by Crippen LogP contribution is -2.03. The molecule has 82 valence electrons. The zero-order valence-electron chi connectivity index (χ0n) is 9.51. The number of carbonyl (C=O) groups is 1. The standard InChI is InChI=1S/C13H17BrO/c1-9(2)4-7-13(15)12-6-5-11(14)8-10(12)3/h5-6,8-9H,4,7H2,1-3H3. The van der Waals surface area contributed by atoms with E-state index in [1.54, 1.807) is 0 Å². The zero-order valence-corrected chi connectivity index (χ0v) is 11.1. The number of aryl methyl sites for hydroxylation is 1. The van der Waals surface area contributed by atoms with E-state index in [-0.39, 0.29) is 5.78 Å². The largest absolute Gasteiger partial charge is 0.294 e. The van der Waals surface area contributed by atoms with Gasteiger partial charge in [0, 0.05) is 16.5 Å². The molecule has 0 unspecified atom stereocenters. The van der Waals surface area contributed by atoms with Crippen molar-refractivity contribution in [3.05, 3.63) is 33.8 Å². The highest BCUT2D eigenvalue weighted by Gasteiger charge is 2.09. The third-order valence-electron chi connectivity index (χ3n) is 2.44. The summed E-state index contributed by atoms with van der Waals surface area (Å²) in [6, 6.07) is 5.82. The summed E-state index contributed by atoms with van der Waals surface area (Å²) in [5, 5.41) is 0. The van der Waals surface area contributed by atoms with Crippen LogP contribution in [0, 0.1) is 12.8 Å². The number of Topliss-reactive ketones (excluding diaryl/α,β-unsaturated/α-hetero) is 1. The van der Waals surface area contributed by atoms with Crippen LogP contribution in [0.1, 0.15) is 42.6 Å². The molecule has 0 radical (unpaired) electrons. The molecule has 0 saturated carbocycles. The van der Waals surface area contributed by atoms with Gasteiger partial charge in [-0.3, -0.25) is 4.79 Å². The number of halogens is 1. The first-order chi connectivity index (χ1) is 7.00. The van der Waals surface area contributed by atoms with Gasteiger partial charge < -0.3 is 0 Å². The Kier molecular flexibility index (Phi) is 4.52. The molecule has 0 fully saturated rings. The summed E-state index contributed by atoms with van der Waals surface area (Å²) < 4.78 is 1.03. The monoisotopic (exact) mass is 268 g/mol. The smallest absolute Gasteiger partial charge is 0.163 e. The van der Waals surface area contributed by atoms with Crippen LogP contribution in [-0.2, 0) is 0 Å². The van der Waals surface area contributed by atoms with Crippen molar-refractivity contribution in [2.75, 3.05) is 0 Å². The maximum Gasteiger partial charge on any atom is 0.163 e. The van der Waals surface area contributed by atoms with Crippen molar-refractivity contribution in [1.82, 2.24) is 0 Å². The fourth-order valence-electron chi connectivity index (χ4n) is 1.49. The molecular weight excluding hydrogens is 252 g/mol. The minimum absolute atomic E-state index is 0.258. The number of rotatable bonds is 4. The number of hydrogen-bond donors (Lipinski definition) is 0. The maximum atomic E-state index is 11.9. The van der Waals surface area contributed by atoms with Gasteiger partial charge in [-0.1, -0.05) is 35.8 Å². The summed E-state index contributed by atoms with van der Waals surface area (Å²) >= 11 is 3.40. The molecule has 15 heavy (non-hydrogen) atoms. The molecule has 0 aromatic heterocycles. The lowest BCUT2D eigenvalue weighted by atomic mass is 9.98. The normalized spacial score (nSPS) is 10.7. The van der Waals surface area contributed by atoms with Crippen molar-refractivity contribution in [1.29, 1.82) is 0 Å². The van der Waals surface area contributed by atoms with Gasteiger partial charge in [0.05, 0.1) is 0 Å². The van der Waals surface area contributed by atoms with Gasteiger partial charge in [-0.05, 0) is 37.0 Å². The summed E-state index contributed by atoms with van der Waals surface area (Å²) in [5.41, 5.74) is 1.91. The Morgan fingerprint density at radius 1 is 1.40 bits per heavy atom. The summed E-state index contributed by atoms with van der Waals surface area (Å²) in [5.74, 6) is 0.846. The van der Waals surface area contributed by atoms with Crippen LogP contribution >= 0.6 is 15.9 Å². The quantitative estimate of drug-likeness (QED) is 0.741. The first-order valence-electron chi connectivity index (χ1n) is 5.30. The highest BCUT2D eigenvalue weighted by molar-refractivity contribution is 9.10. The first-order valence-corrected chi connectivity index (χ1v) is 6.09. The molecule has 1 rings (SSSR count). The van der Waals surface area contributed by atoms with Crippen LogP contribution in [0.25, 0.3) is 0 Å². The first kappa shape index (κ1) is 12.4. The van der Waals surface area contributed by atoms with E-state index in [4.69, 9.17) is 0 Å². The van der Waals surface area contributed by atoms with Crippen molar-refractivity contribution in [3.63, 3.8) is 0 Å². The van der Waals surface area contributed by atoms with Gasteiger partial charge in [-0.15, -0.1) is 0 Å². The van der Waals surface area contributed by atoms with E-state index in [9.17, 15) is 4.79 Å². The van der Waals surface area contributed by atoms with Gasteiger partial charge in [0.1, 0.15) is 0 Å². The molecule has 1 aromatic rings. The molecule has 0 atom stereocenters. The molecular formula is C13H17BrO. The van der Waals surface area contributed by atoms with Crippen molar-refractivity contribution in [2.24, 2.45) is 5.92 Å². The molecule has 0 spiro atoms. The van der Waals surface area contributed by atoms with Crippen molar-refractivity contribution in [2.45, 2.75) is 33.6 Å². The molecule has 1 nitrogen and oxygen atoms in total. The highest BCUT2D eigenvalue weighted by atomic mass is 79.9. The molecule has 0 saturated heterocycles. The van der Waals surface area contributed by atoms with Crippen LogP contribution in [-0.4, -0.2) is 5.78 Å². The fraction of sp³-hybridized carbons (Fsp3) is 0.462. The number of hydrogen-bond acceptors (Lipinski definition) is 1. The van der Waals surface area contributed by atoms with Crippen LogP contribution in [0.5, 0.6) is 0 Å². The second kappa shape index (κ2) is 5.45. The van der Waals surface area contributed by atoms with E-state index in [0.717, 1.165) is 22.0 Å². The third-order valence-corrected chi connectivity index (χ3v) is 2.93. The van der Waals surface area contributed by atoms with Crippen molar-refractivity contribution >= 4 is 21.7 Å². The summed E-state index contributed by atoms with van der Waals surface area (Å²) in [7, 11) is 0. The Balaban J connectivity index is 2.74. The Labute approximate surface area is 100 Å². The zero-order chi connectivity index (χ0) is 11.4. The Morgan fingerprint density at radius 3 is 2.60 bits per heavy atom. The summed E-state index contributed by atoms with van der Waals surface area (Å²) in [4.78, 5) is 11.9. The third kappa shape index (κ3) is 3.78. The maximum absolute atomic E-state index is 11.9. The molecule has 1 aromatic carbocycles. The minimum Gasteiger partial charge on any atom is -0.294 e. The van der Waals surface area contributed by atoms with E-state index in [1.807, 2.05) is 25.1 Å². The van der Waals surface area contributed by atoms with E-state index < -0.39 is 0 Å². The SMILES string of the molecule is Cc1cc(Br)ccc1C(=O)CCC(C)C. The molecule has 0 aliphatic carbocycles. The topological polar surface area (TPSA) is 17.1 Å². The molecule has 0 bridgehead atoms. The van der Waals surface area contributed by atoms with Gasteiger partial charge in [0.2, 0.25) is 0 Å². The number of carbonyl (C=O) groups excluding carboxylic acids is 1. The molecule has 0 amide bonds. The van der Waals surface area contributed by atoms with Gasteiger partial charge in [-0.25, -0.2) is 0 Å². The number of ketones is 1. The van der Waals surface area contributed by atoms with Gasteiger partial charge in [-0.2, -0.15) is 0 Å². The molecule has 0 N–H and O–H groups in total. The summed E-state index contributed by atoms with van der Waals surface area (Å²) in [6.07, 6.45) is 1.62. The molecule has 0 aliphatic heterocycles. The second-order valence-electron chi connectivity index (χ2n) is 4.31. The summed E-state index contributed by atoms with van der Waals surface area (Å²) in [6.45, 7) is 6.26. The Bertz CT molecular complexity index is 356. The molecule has 0 heterocycles. The number of benzene rings is 1. The van der Waals surface area contributed by atoms with Crippen LogP contribution in [0.2, 0.25) is 0 Å². The average Bonchev–Trinajstić information content (AvgIpc) is 2.14. The van der Waals surface area contributed by atoms with Crippen molar-refractivity contribution in [3.8, 4) is 0 Å². The van der Waals surface area contributed by atoms with E-state index >= 15 is 0 Å².